The zero-order chi connectivity index (χ0) is 16.8. The van der Waals surface area contributed by atoms with Crippen molar-refractivity contribution in [2.75, 3.05) is 11.9 Å². The Labute approximate surface area is 132 Å². The molecule has 0 spiro atoms. The number of ether oxygens (including phenoxy) is 2. The number of hydrogen-bond acceptors (Lipinski definition) is 4. The van der Waals surface area contributed by atoms with Crippen LogP contribution in [0.1, 0.15) is 45.7 Å². The Morgan fingerprint density at radius 1 is 1.36 bits per heavy atom. The molecule has 0 fully saturated rings. The Bertz CT molecular complexity index is 554. The van der Waals surface area contributed by atoms with E-state index < -0.39 is 11.7 Å². The molecule has 1 rings (SSSR count). The number of amides is 1. The van der Waals surface area contributed by atoms with Gasteiger partial charge in [0.05, 0.1) is 17.9 Å². The molecule has 1 aromatic rings. The van der Waals surface area contributed by atoms with Crippen LogP contribution in [-0.2, 0) is 16.1 Å². The van der Waals surface area contributed by atoms with Gasteiger partial charge >= 0.3 is 6.09 Å². The van der Waals surface area contributed by atoms with Gasteiger partial charge in [0.15, 0.2) is 0 Å². The summed E-state index contributed by atoms with van der Waals surface area (Å²) in [7, 11) is 0. The molecule has 0 unspecified atom stereocenters. The van der Waals surface area contributed by atoms with Crippen molar-refractivity contribution in [3.63, 3.8) is 0 Å². The Balaban J connectivity index is 2.79. The summed E-state index contributed by atoms with van der Waals surface area (Å²) in [5.74, 6) is 0.456. The van der Waals surface area contributed by atoms with Gasteiger partial charge in [0.25, 0.3) is 0 Å². The van der Waals surface area contributed by atoms with Gasteiger partial charge in [-0.1, -0.05) is 19.9 Å². The maximum Gasteiger partial charge on any atom is 0.412 e. The standard InChI is InChI=1S/C17H24N2O3/c1-12(2)10-21-11-13-6-7-14(9-18)15(8-13)19-16(20)22-17(3,4)5/h6-8,12H,10-11H2,1-5H3,(H,19,20). The summed E-state index contributed by atoms with van der Waals surface area (Å²) in [5.41, 5.74) is 1.13. The van der Waals surface area contributed by atoms with Crippen molar-refractivity contribution in [3.05, 3.63) is 29.3 Å². The van der Waals surface area contributed by atoms with E-state index in [4.69, 9.17) is 14.7 Å². The predicted molar refractivity (Wildman–Crippen MR) is 85.5 cm³/mol. The Hall–Kier alpha value is -2.06. The maximum absolute atomic E-state index is 11.8. The van der Waals surface area contributed by atoms with Crippen molar-refractivity contribution in [1.29, 1.82) is 5.26 Å². The van der Waals surface area contributed by atoms with Crippen LogP contribution in [0.4, 0.5) is 10.5 Å². The molecule has 0 aromatic heterocycles. The number of nitriles is 1. The molecule has 1 aromatic carbocycles. The van der Waals surface area contributed by atoms with Crippen LogP contribution in [0.5, 0.6) is 0 Å². The molecule has 22 heavy (non-hydrogen) atoms. The summed E-state index contributed by atoms with van der Waals surface area (Å²) < 4.78 is 10.8. The normalized spacial score (nSPS) is 11.1. The molecular formula is C17H24N2O3. The largest absolute Gasteiger partial charge is 0.444 e. The molecule has 0 saturated carbocycles. The topological polar surface area (TPSA) is 71.3 Å². The maximum atomic E-state index is 11.8. The highest BCUT2D eigenvalue weighted by Crippen LogP contribution is 2.19. The Morgan fingerprint density at radius 3 is 2.59 bits per heavy atom. The minimum absolute atomic E-state index is 0.387. The van der Waals surface area contributed by atoms with Crippen LogP contribution in [-0.4, -0.2) is 18.3 Å². The average molecular weight is 304 g/mol. The van der Waals surface area contributed by atoms with Gasteiger partial charge in [0.2, 0.25) is 0 Å². The Kier molecular flexibility index (Phi) is 6.39. The first-order valence-electron chi connectivity index (χ1n) is 7.32. The third-order valence-corrected chi connectivity index (χ3v) is 2.56. The van der Waals surface area contributed by atoms with Gasteiger partial charge in [-0.3, -0.25) is 5.32 Å². The molecular weight excluding hydrogens is 280 g/mol. The van der Waals surface area contributed by atoms with Crippen LogP contribution < -0.4 is 5.32 Å². The lowest BCUT2D eigenvalue weighted by molar-refractivity contribution is 0.0635. The first-order valence-corrected chi connectivity index (χ1v) is 7.32. The van der Waals surface area contributed by atoms with E-state index in [9.17, 15) is 4.79 Å². The van der Waals surface area contributed by atoms with E-state index in [-0.39, 0.29) is 0 Å². The average Bonchev–Trinajstić information content (AvgIpc) is 2.36. The fraction of sp³-hybridized carbons (Fsp3) is 0.529. The van der Waals surface area contributed by atoms with Crippen LogP contribution >= 0.6 is 0 Å². The van der Waals surface area contributed by atoms with Gasteiger partial charge in [-0.15, -0.1) is 0 Å². The summed E-state index contributed by atoms with van der Waals surface area (Å²) >= 11 is 0. The molecule has 0 aliphatic heterocycles. The Morgan fingerprint density at radius 2 is 2.05 bits per heavy atom. The lowest BCUT2D eigenvalue weighted by atomic mass is 10.1. The van der Waals surface area contributed by atoms with Gasteiger partial charge < -0.3 is 9.47 Å². The van der Waals surface area contributed by atoms with E-state index in [1.807, 2.05) is 6.07 Å². The van der Waals surface area contributed by atoms with Crippen molar-refractivity contribution in [1.82, 2.24) is 0 Å². The molecule has 0 bridgehead atoms. The molecule has 1 N–H and O–H groups in total. The molecule has 0 aliphatic rings. The van der Waals surface area contributed by atoms with Crippen molar-refractivity contribution in [3.8, 4) is 6.07 Å². The molecule has 5 heteroatoms. The number of carbonyl (C=O) groups is 1. The van der Waals surface area contributed by atoms with E-state index >= 15 is 0 Å². The summed E-state index contributed by atoms with van der Waals surface area (Å²) in [6.07, 6.45) is -0.579. The molecule has 5 nitrogen and oxygen atoms in total. The fourth-order valence-corrected chi connectivity index (χ4v) is 1.71. The summed E-state index contributed by atoms with van der Waals surface area (Å²) in [5, 5.41) is 11.7. The van der Waals surface area contributed by atoms with Gasteiger partial charge in [0.1, 0.15) is 11.7 Å². The van der Waals surface area contributed by atoms with E-state index in [1.165, 1.54) is 0 Å². The second kappa shape index (κ2) is 7.81. The summed E-state index contributed by atoms with van der Waals surface area (Å²) in [6, 6.07) is 7.28. The van der Waals surface area contributed by atoms with E-state index in [0.717, 1.165) is 5.56 Å². The number of hydrogen-bond donors (Lipinski definition) is 1. The summed E-state index contributed by atoms with van der Waals surface area (Å²) in [4.78, 5) is 11.8. The number of carbonyl (C=O) groups excluding carboxylic acids is 1. The van der Waals surface area contributed by atoms with Gasteiger partial charge in [0, 0.05) is 6.61 Å². The number of benzene rings is 1. The van der Waals surface area contributed by atoms with Gasteiger partial charge in [-0.25, -0.2) is 4.79 Å². The summed E-state index contributed by atoms with van der Waals surface area (Å²) in [6.45, 7) is 10.6. The molecule has 120 valence electrons. The zero-order valence-corrected chi connectivity index (χ0v) is 13.9. The quantitative estimate of drug-likeness (QED) is 0.889. The van der Waals surface area contributed by atoms with E-state index in [1.54, 1.807) is 32.9 Å². The van der Waals surface area contributed by atoms with Crippen molar-refractivity contribution >= 4 is 11.8 Å². The molecule has 1 amide bonds. The molecule has 0 radical (unpaired) electrons. The monoisotopic (exact) mass is 304 g/mol. The number of nitrogens with one attached hydrogen (secondary N) is 1. The zero-order valence-electron chi connectivity index (χ0n) is 13.9. The smallest absolute Gasteiger partial charge is 0.412 e. The minimum atomic E-state index is -0.588. The third kappa shape index (κ3) is 6.59. The fourth-order valence-electron chi connectivity index (χ4n) is 1.71. The first kappa shape index (κ1) is 18.0. The van der Waals surface area contributed by atoms with E-state index in [2.05, 4.69) is 25.2 Å². The van der Waals surface area contributed by atoms with Gasteiger partial charge in [-0.2, -0.15) is 5.26 Å². The first-order chi connectivity index (χ1) is 10.2. The van der Waals surface area contributed by atoms with Gasteiger partial charge in [-0.05, 0) is 44.4 Å². The van der Waals surface area contributed by atoms with Crippen LogP contribution in [0.25, 0.3) is 0 Å². The lowest BCUT2D eigenvalue weighted by Gasteiger charge is -2.20. The lowest BCUT2D eigenvalue weighted by Crippen LogP contribution is -2.27. The van der Waals surface area contributed by atoms with Crippen LogP contribution in [0.15, 0.2) is 18.2 Å². The number of rotatable bonds is 5. The van der Waals surface area contributed by atoms with E-state index in [0.29, 0.717) is 30.4 Å². The van der Waals surface area contributed by atoms with Crippen molar-refractivity contribution in [2.45, 2.75) is 46.8 Å². The number of anilines is 1. The predicted octanol–water partition coefficient (Wildman–Crippen LogP) is 4.08. The highest BCUT2D eigenvalue weighted by atomic mass is 16.6. The molecule has 0 heterocycles. The van der Waals surface area contributed by atoms with Crippen molar-refractivity contribution < 1.29 is 14.3 Å². The number of nitrogens with zero attached hydrogens (tertiary/aromatic N) is 1. The molecule has 0 aliphatic carbocycles. The molecule has 0 atom stereocenters. The van der Waals surface area contributed by atoms with Crippen LogP contribution in [0.3, 0.4) is 0 Å². The second-order valence-corrected chi connectivity index (χ2v) is 6.53. The van der Waals surface area contributed by atoms with Crippen molar-refractivity contribution in [2.24, 2.45) is 5.92 Å². The highest BCUT2D eigenvalue weighted by Gasteiger charge is 2.17. The minimum Gasteiger partial charge on any atom is -0.444 e. The van der Waals surface area contributed by atoms with Crippen LogP contribution in [0.2, 0.25) is 0 Å². The molecule has 0 saturated heterocycles. The highest BCUT2D eigenvalue weighted by molar-refractivity contribution is 5.87. The van der Waals surface area contributed by atoms with Crippen LogP contribution in [0, 0.1) is 17.2 Å². The SMILES string of the molecule is CC(C)COCc1ccc(C#N)c(NC(=O)OC(C)(C)C)c1. The second-order valence-electron chi connectivity index (χ2n) is 6.53. The third-order valence-electron chi connectivity index (χ3n) is 2.56.